The van der Waals surface area contributed by atoms with E-state index >= 15 is 0 Å². The van der Waals surface area contributed by atoms with Crippen molar-refractivity contribution in [3.8, 4) is 67.5 Å². The van der Waals surface area contributed by atoms with Crippen LogP contribution in [0.5, 0.6) is 23.0 Å². The van der Waals surface area contributed by atoms with Gasteiger partial charge in [-0.3, -0.25) is 0 Å². The van der Waals surface area contributed by atoms with Crippen molar-refractivity contribution in [3.63, 3.8) is 0 Å². The summed E-state index contributed by atoms with van der Waals surface area (Å²) in [7, 11) is 0. The number of rotatable bonds is 4. The van der Waals surface area contributed by atoms with Crippen molar-refractivity contribution >= 4 is 65.8 Å². The zero-order valence-electron chi connectivity index (χ0n) is 27.4. The molecule has 0 spiro atoms. The Morgan fingerprint density at radius 3 is 0.712 bits per heavy atom. The molecule has 2 aliphatic rings. The van der Waals surface area contributed by atoms with Gasteiger partial charge in [0.15, 0.2) is 0 Å². The molecule has 0 atom stereocenters. The molecule has 0 amide bonds. The fraction of sp³-hybridized carbons (Fsp3) is 0. The van der Waals surface area contributed by atoms with Crippen molar-refractivity contribution in [3.05, 3.63) is 144 Å². The first kappa shape index (κ1) is 31.5. The van der Waals surface area contributed by atoms with E-state index in [1.54, 1.807) is 71.2 Å². The van der Waals surface area contributed by atoms with Crippen molar-refractivity contribution < 1.29 is 20.4 Å². The maximum atomic E-state index is 10.2. The third-order valence-corrected chi connectivity index (χ3v) is 11.4. The zero-order valence-corrected chi connectivity index (χ0v) is 29.0. The molecule has 2 aliphatic heterocycles. The van der Waals surface area contributed by atoms with Crippen molar-refractivity contribution in [1.29, 1.82) is 0 Å². The molecule has 6 nitrogen and oxygen atoms in total. The van der Waals surface area contributed by atoms with Gasteiger partial charge in [-0.25, -0.2) is 9.97 Å². The first-order valence-electron chi connectivity index (χ1n) is 16.5. The molecule has 0 radical (unpaired) electrons. The van der Waals surface area contributed by atoms with Gasteiger partial charge in [-0.15, -0.1) is 22.7 Å². The van der Waals surface area contributed by atoms with E-state index in [0.717, 1.165) is 86.1 Å². The summed E-state index contributed by atoms with van der Waals surface area (Å²) in [4.78, 5) is 10.6. The Kier molecular flexibility index (Phi) is 7.69. The Balaban J connectivity index is 1.47. The minimum atomic E-state index is 0.182. The number of nitrogens with zero attached hydrogens (tertiary/aromatic N) is 2. The molecule has 52 heavy (non-hydrogen) atoms. The fourth-order valence-electron chi connectivity index (χ4n) is 6.67. The highest BCUT2D eigenvalue weighted by atomic mass is 32.1. The number of hydrogen-bond acceptors (Lipinski definition) is 8. The van der Waals surface area contributed by atoms with Crippen LogP contribution >= 0.6 is 22.7 Å². The van der Waals surface area contributed by atoms with Gasteiger partial charge in [0.25, 0.3) is 0 Å². The van der Waals surface area contributed by atoms with E-state index in [1.807, 2.05) is 72.8 Å². The van der Waals surface area contributed by atoms with E-state index in [9.17, 15) is 20.4 Å². The van der Waals surface area contributed by atoms with Gasteiger partial charge >= 0.3 is 0 Å². The van der Waals surface area contributed by atoms with Crippen LogP contribution < -0.4 is 0 Å². The molecule has 7 aromatic rings. The predicted molar refractivity (Wildman–Crippen MR) is 214 cm³/mol. The van der Waals surface area contributed by atoms with Crippen LogP contribution in [-0.4, -0.2) is 30.4 Å². The third-order valence-electron chi connectivity index (χ3n) is 9.13. The lowest BCUT2D eigenvalue weighted by molar-refractivity contribution is 0.475. The van der Waals surface area contributed by atoms with E-state index in [-0.39, 0.29) is 23.0 Å². The quantitative estimate of drug-likeness (QED) is 0.145. The van der Waals surface area contributed by atoms with Gasteiger partial charge in [0.1, 0.15) is 23.0 Å². The minimum Gasteiger partial charge on any atom is -0.508 e. The Morgan fingerprint density at radius 2 is 0.500 bits per heavy atom. The second-order valence-electron chi connectivity index (χ2n) is 12.4. The van der Waals surface area contributed by atoms with Crippen LogP contribution in [0.3, 0.4) is 0 Å². The average Bonchev–Trinajstić information content (AvgIpc) is 3.99. The van der Waals surface area contributed by atoms with Crippen molar-refractivity contribution in [2.45, 2.75) is 0 Å². The molecule has 8 bridgehead atoms. The smallest absolute Gasteiger partial charge is 0.115 e. The second kappa shape index (κ2) is 12.7. The Labute approximate surface area is 306 Å². The lowest BCUT2D eigenvalue weighted by atomic mass is 10.0. The minimum absolute atomic E-state index is 0.182. The van der Waals surface area contributed by atoms with Crippen molar-refractivity contribution in [2.75, 3.05) is 0 Å². The molecule has 0 fully saturated rings. The van der Waals surface area contributed by atoms with Crippen LogP contribution in [-0.2, 0) is 0 Å². The Bertz CT molecular complexity index is 2370. The number of benzene rings is 4. The van der Waals surface area contributed by atoms with E-state index in [1.165, 1.54) is 0 Å². The lowest BCUT2D eigenvalue weighted by Crippen LogP contribution is -1.86. The summed E-state index contributed by atoms with van der Waals surface area (Å²) in [5.74, 6) is 0.728. The number of hydrogen-bond donors (Lipinski definition) is 4. The molecular formula is C44H28N2O4S2. The van der Waals surface area contributed by atoms with Crippen LogP contribution in [0, 0.1) is 0 Å². The van der Waals surface area contributed by atoms with Gasteiger partial charge in [-0.2, -0.15) is 0 Å². The highest BCUT2D eigenvalue weighted by Gasteiger charge is 2.19. The van der Waals surface area contributed by atoms with Crippen LogP contribution in [0.2, 0.25) is 0 Å². The van der Waals surface area contributed by atoms with Crippen LogP contribution in [0.25, 0.3) is 87.6 Å². The number of aromatic hydroxyl groups is 4. The van der Waals surface area contributed by atoms with E-state index in [4.69, 9.17) is 9.97 Å². The summed E-state index contributed by atoms with van der Waals surface area (Å²) in [6.45, 7) is 0. The van der Waals surface area contributed by atoms with Crippen molar-refractivity contribution in [1.82, 2.24) is 9.97 Å². The summed E-state index contributed by atoms with van der Waals surface area (Å²) >= 11 is 3.25. The van der Waals surface area contributed by atoms with Gasteiger partial charge in [-0.05, 0) is 119 Å². The molecule has 3 aromatic heterocycles. The summed E-state index contributed by atoms with van der Waals surface area (Å²) < 4.78 is 3.95. The Hall–Kier alpha value is -6.48. The molecule has 0 unspecified atom stereocenters. The van der Waals surface area contributed by atoms with E-state index in [2.05, 4.69) is 24.3 Å². The maximum Gasteiger partial charge on any atom is 0.115 e. The molecule has 4 aromatic carbocycles. The number of fused-ring (bicyclic) bond motifs is 8. The predicted octanol–water partition coefficient (Wildman–Crippen LogP) is 11.6. The molecule has 8 heteroatoms. The first-order valence-corrected chi connectivity index (χ1v) is 18.2. The molecule has 0 saturated carbocycles. The van der Waals surface area contributed by atoms with Crippen LogP contribution in [0.15, 0.2) is 121 Å². The summed E-state index contributed by atoms with van der Waals surface area (Å²) in [6.07, 6.45) is 8.14. The first-order chi connectivity index (χ1) is 25.4. The van der Waals surface area contributed by atoms with Gasteiger partial charge in [-0.1, -0.05) is 48.5 Å². The topological polar surface area (TPSA) is 107 Å². The van der Waals surface area contributed by atoms with E-state index < -0.39 is 0 Å². The lowest BCUT2D eigenvalue weighted by Gasteiger charge is -2.06. The summed E-state index contributed by atoms with van der Waals surface area (Å²) in [6, 6.07) is 37.1. The molecule has 0 aliphatic carbocycles. The highest BCUT2D eigenvalue weighted by Crippen LogP contribution is 2.43. The second-order valence-corrected chi connectivity index (χ2v) is 14.6. The SMILES string of the molecule is Oc1ccc(-c2c3nc(c(-c4ccc(O)cc4)c4ccc(s4)c(-c4ccc(O)cc4)c4nc(c(-c5ccc(O)cc5)c5ccc2s5)C=C4)C=C3)cc1. The fourth-order valence-corrected chi connectivity index (χ4v) is 8.99. The van der Waals surface area contributed by atoms with Gasteiger partial charge in [0, 0.05) is 41.1 Å². The van der Waals surface area contributed by atoms with Gasteiger partial charge in [0.2, 0.25) is 0 Å². The highest BCUT2D eigenvalue weighted by molar-refractivity contribution is 7.24. The van der Waals surface area contributed by atoms with Crippen LogP contribution in [0.4, 0.5) is 0 Å². The maximum absolute atomic E-state index is 10.2. The normalized spacial score (nSPS) is 12.0. The average molecular weight is 713 g/mol. The largest absolute Gasteiger partial charge is 0.508 e. The Morgan fingerprint density at radius 1 is 0.288 bits per heavy atom. The standard InChI is InChI=1S/C44H28N2O4S2/c47-29-9-1-25(2-10-29)41-33-17-18-34(45-33)42(26-3-11-30(48)12-4-26)39-23-24-40(52-39)44(28-7-15-32(50)16-8-28)36-20-19-35(46-36)43(38-22-21-37(41)51-38)27-5-13-31(49)14-6-27/h1-24,47-50H. The van der Waals surface area contributed by atoms with Gasteiger partial charge < -0.3 is 20.4 Å². The molecular weight excluding hydrogens is 685 g/mol. The number of thiophene rings is 2. The van der Waals surface area contributed by atoms with E-state index in [0.29, 0.717) is 0 Å². The molecule has 9 rings (SSSR count). The number of phenols is 4. The molecule has 250 valence electrons. The monoisotopic (exact) mass is 712 g/mol. The van der Waals surface area contributed by atoms with Gasteiger partial charge in [0.05, 0.1) is 22.8 Å². The molecule has 4 N–H and O–H groups in total. The molecule has 5 heterocycles. The van der Waals surface area contributed by atoms with Crippen LogP contribution in [0.1, 0.15) is 22.8 Å². The summed E-state index contributed by atoms with van der Waals surface area (Å²) in [5, 5.41) is 40.7. The van der Waals surface area contributed by atoms with Crippen molar-refractivity contribution in [2.24, 2.45) is 0 Å². The molecule has 0 saturated heterocycles. The zero-order chi connectivity index (χ0) is 35.3. The number of phenolic OH excluding ortho intramolecular Hbond substituents is 4. The summed E-state index contributed by atoms with van der Waals surface area (Å²) in [5.41, 5.74) is 10.5. The number of aromatic nitrogens is 2. The third kappa shape index (κ3) is 5.70.